The lowest BCUT2D eigenvalue weighted by Crippen LogP contribution is -2.19. The van der Waals surface area contributed by atoms with Crippen LogP contribution in [-0.2, 0) is 0 Å². The van der Waals surface area contributed by atoms with Crippen LogP contribution in [0.1, 0.15) is 11.1 Å². The van der Waals surface area contributed by atoms with Crippen molar-refractivity contribution in [3.63, 3.8) is 0 Å². The van der Waals surface area contributed by atoms with E-state index in [1.54, 1.807) is 10.7 Å². The summed E-state index contributed by atoms with van der Waals surface area (Å²) < 4.78 is 1.70. The van der Waals surface area contributed by atoms with Crippen LogP contribution >= 0.6 is 24.8 Å². The Hall–Kier alpha value is -3.10. The number of rotatable bonds is 4. The maximum Gasteiger partial charge on any atom is 0.128 e. The number of nitrogens with one attached hydrogen (secondary N) is 2. The number of hydrogen-bond acceptors (Lipinski definition) is 7. The van der Waals surface area contributed by atoms with Gasteiger partial charge in [0, 0.05) is 29.8 Å². The van der Waals surface area contributed by atoms with Gasteiger partial charge in [0.1, 0.15) is 23.1 Å². The van der Waals surface area contributed by atoms with Gasteiger partial charge in [-0.25, -0.2) is 4.68 Å². The first-order valence-electron chi connectivity index (χ1n) is 9.21. The SMILES string of the molecule is Cl.Cl.Oc1ccc(C2=NCCN2)cc1-c1cn(-c2cccc(C3=NCCN3)c2)nn1. The zero-order valence-corrected chi connectivity index (χ0v) is 17.6. The normalized spacial score (nSPS) is 14.7. The fraction of sp³-hybridized carbons (Fsp3) is 0.200. The van der Waals surface area contributed by atoms with Gasteiger partial charge in [-0.3, -0.25) is 9.98 Å². The van der Waals surface area contributed by atoms with E-state index in [1.807, 2.05) is 42.6 Å². The predicted octanol–water partition coefficient (Wildman–Crippen LogP) is 2.18. The largest absolute Gasteiger partial charge is 0.507 e. The van der Waals surface area contributed by atoms with Gasteiger partial charge in [0.05, 0.1) is 25.0 Å². The van der Waals surface area contributed by atoms with Gasteiger partial charge in [0.25, 0.3) is 0 Å². The standard InChI is InChI=1S/C20H19N7O.2ClH/c28-18-5-4-14(20-23-8-9-24-20)11-16(18)17-12-27(26-25-17)15-3-1-2-13(10-15)19-21-6-7-22-19;;/h1-5,10-12,28H,6-9H2,(H,21,22)(H,23,24);2*1H. The summed E-state index contributed by atoms with van der Waals surface area (Å²) in [6.45, 7) is 3.25. The van der Waals surface area contributed by atoms with Crippen molar-refractivity contribution >= 4 is 36.5 Å². The Bertz CT molecular complexity index is 1110. The number of phenolic OH excluding ortho intramolecular Hbond substituents is 1. The molecule has 3 aromatic rings. The molecule has 2 aliphatic rings. The molecule has 3 heterocycles. The number of hydrogen-bond donors (Lipinski definition) is 3. The molecule has 0 saturated heterocycles. The van der Waals surface area contributed by atoms with Crippen LogP contribution in [0.15, 0.2) is 58.6 Å². The number of aliphatic imine (C=N–C) groups is 2. The highest BCUT2D eigenvalue weighted by molar-refractivity contribution is 6.01. The van der Waals surface area contributed by atoms with E-state index in [4.69, 9.17) is 0 Å². The third-order valence-electron chi connectivity index (χ3n) is 4.77. The summed E-state index contributed by atoms with van der Waals surface area (Å²) in [6.07, 6.45) is 1.81. The third kappa shape index (κ3) is 4.10. The van der Waals surface area contributed by atoms with Crippen LogP contribution in [0.2, 0.25) is 0 Å². The molecule has 0 aliphatic carbocycles. The Balaban J connectivity index is 0.00000128. The minimum atomic E-state index is 0. The second kappa shape index (κ2) is 9.15. The molecule has 0 spiro atoms. The van der Waals surface area contributed by atoms with Gasteiger partial charge in [-0.05, 0) is 30.3 Å². The molecule has 5 rings (SSSR count). The number of aromatic nitrogens is 3. The molecular formula is C20H21Cl2N7O. The number of amidine groups is 2. The molecule has 0 radical (unpaired) electrons. The monoisotopic (exact) mass is 445 g/mol. The molecule has 3 N–H and O–H groups in total. The van der Waals surface area contributed by atoms with E-state index in [0.29, 0.717) is 11.3 Å². The second-order valence-electron chi connectivity index (χ2n) is 6.64. The summed E-state index contributed by atoms with van der Waals surface area (Å²) in [5, 5.41) is 25.4. The van der Waals surface area contributed by atoms with E-state index < -0.39 is 0 Å². The van der Waals surface area contributed by atoms with Gasteiger partial charge in [0.15, 0.2) is 0 Å². The van der Waals surface area contributed by atoms with Crippen LogP contribution in [0.5, 0.6) is 5.75 Å². The first-order valence-corrected chi connectivity index (χ1v) is 9.21. The lowest BCUT2D eigenvalue weighted by Gasteiger charge is -2.06. The van der Waals surface area contributed by atoms with Gasteiger partial charge in [-0.2, -0.15) is 0 Å². The average molecular weight is 446 g/mol. The summed E-state index contributed by atoms with van der Waals surface area (Å²) in [7, 11) is 0. The van der Waals surface area contributed by atoms with Gasteiger partial charge >= 0.3 is 0 Å². The lowest BCUT2D eigenvalue weighted by atomic mass is 10.1. The van der Waals surface area contributed by atoms with Crippen molar-refractivity contribution in [3.05, 3.63) is 59.8 Å². The van der Waals surface area contributed by atoms with Gasteiger partial charge in [0.2, 0.25) is 0 Å². The molecule has 1 aromatic heterocycles. The zero-order valence-electron chi connectivity index (χ0n) is 15.9. The summed E-state index contributed by atoms with van der Waals surface area (Å²) in [5.41, 5.74) is 4.04. The van der Waals surface area contributed by atoms with Gasteiger partial charge in [-0.15, -0.1) is 29.9 Å². The second-order valence-corrected chi connectivity index (χ2v) is 6.64. The van der Waals surface area contributed by atoms with Crippen molar-refractivity contribution in [2.45, 2.75) is 0 Å². The fourth-order valence-corrected chi connectivity index (χ4v) is 3.38. The fourth-order valence-electron chi connectivity index (χ4n) is 3.38. The molecule has 0 saturated carbocycles. The van der Waals surface area contributed by atoms with Crippen LogP contribution in [0.4, 0.5) is 0 Å². The molecule has 156 valence electrons. The van der Waals surface area contributed by atoms with Crippen LogP contribution in [0, 0.1) is 0 Å². The average Bonchev–Trinajstić information content (AvgIpc) is 3.51. The molecule has 2 aromatic carbocycles. The molecular weight excluding hydrogens is 425 g/mol. The molecule has 2 aliphatic heterocycles. The molecule has 0 fully saturated rings. The van der Waals surface area contributed by atoms with Crippen LogP contribution in [-0.4, -0.2) is 58.0 Å². The van der Waals surface area contributed by atoms with E-state index in [0.717, 1.165) is 54.7 Å². The third-order valence-corrected chi connectivity index (χ3v) is 4.77. The van der Waals surface area contributed by atoms with Crippen LogP contribution in [0.3, 0.4) is 0 Å². The molecule has 0 bridgehead atoms. The molecule has 30 heavy (non-hydrogen) atoms. The highest BCUT2D eigenvalue weighted by Gasteiger charge is 2.15. The Morgan fingerprint density at radius 3 is 2.23 bits per heavy atom. The maximum atomic E-state index is 10.3. The minimum Gasteiger partial charge on any atom is -0.507 e. The Morgan fingerprint density at radius 2 is 1.57 bits per heavy atom. The molecule has 0 atom stereocenters. The summed E-state index contributed by atoms with van der Waals surface area (Å²) in [4.78, 5) is 8.90. The Labute approximate surface area is 186 Å². The summed E-state index contributed by atoms with van der Waals surface area (Å²) in [5.74, 6) is 1.90. The Kier molecular flexibility index (Phi) is 6.59. The van der Waals surface area contributed by atoms with Crippen LogP contribution < -0.4 is 10.6 Å². The smallest absolute Gasteiger partial charge is 0.128 e. The minimum absolute atomic E-state index is 0. The zero-order chi connectivity index (χ0) is 18.9. The van der Waals surface area contributed by atoms with E-state index in [-0.39, 0.29) is 30.6 Å². The quantitative estimate of drug-likeness (QED) is 0.571. The Morgan fingerprint density at radius 1 is 0.867 bits per heavy atom. The molecule has 0 amide bonds. The molecule has 0 unspecified atom stereocenters. The molecule has 10 heteroatoms. The van der Waals surface area contributed by atoms with Crippen LogP contribution in [0.25, 0.3) is 16.9 Å². The maximum absolute atomic E-state index is 10.3. The number of phenols is 1. The first-order chi connectivity index (χ1) is 13.8. The van der Waals surface area contributed by atoms with Crippen molar-refractivity contribution in [2.24, 2.45) is 9.98 Å². The lowest BCUT2D eigenvalue weighted by molar-refractivity contribution is 0.477. The van der Waals surface area contributed by atoms with E-state index >= 15 is 0 Å². The summed E-state index contributed by atoms with van der Waals surface area (Å²) >= 11 is 0. The number of aromatic hydroxyl groups is 1. The highest BCUT2D eigenvalue weighted by atomic mass is 35.5. The van der Waals surface area contributed by atoms with Crippen molar-refractivity contribution in [1.82, 2.24) is 25.6 Å². The molecule has 8 nitrogen and oxygen atoms in total. The predicted molar refractivity (Wildman–Crippen MR) is 122 cm³/mol. The first kappa shape index (κ1) is 21.6. The van der Waals surface area contributed by atoms with Gasteiger partial charge in [-0.1, -0.05) is 17.3 Å². The van der Waals surface area contributed by atoms with Gasteiger partial charge < -0.3 is 15.7 Å². The number of benzene rings is 2. The van der Waals surface area contributed by atoms with Crippen molar-refractivity contribution in [3.8, 4) is 22.7 Å². The van der Waals surface area contributed by atoms with E-state index in [2.05, 4.69) is 30.9 Å². The van der Waals surface area contributed by atoms with Crippen molar-refractivity contribution in [1.29, 1.82) is 0 Å². The van der Waals surface area contributed by atoms with Crippen molar-refractivity contribution in [2.75, 3.05) is 26.2 Å². The topological polar surface area (TPSA) is 99.7 Å². The number of nitrogens with zero attached hydrogens (tertiary/aromatic N) is 5. The van der Waals surface area contributed by atoms with E-state index in [9.17, 15) is 5.11 Å². The number of halogens is 2. The summed E-state index contributed by atoms with van der Waals surface area (Å²) in [6, 6.07) is 13.4. The highest BCUT2D eigenvalue weighted by Crippen LogP contribution is 2.29. The van der Waals surface area contributed by atoms with E-state index in [1.165, 1.54) is 0 Å². The van der Waals surface area contributed by atoms with Crippen molar-refractivity contribution < 1.29 is 5.11 Å².